The largest absolute Gasteiger partial charge is 0.444 e. The molecule has 0 bridgehead atoms. The number of carbonyl (C=O) groups excluding carboxylic acids is 4. The lowest BCUT2D eigenvalue weighted by Gasteiger charge is -2.22. The number of halogens is 1. The number of primary amides is 2. The van der Waals surface area contributed by atoms with E-state index in [1.807, 2.05) is 0 Å². The number of amides is 4. The van der Waals surface area contributed by atoms with E-state index in [0.717, 1.165) is 11.0 Å². The summed E-state index contributed by atoms with van der Waals surface area (Å²) in [5, 5.41) is 0. The summed E-state index contributed by atoms with van der Waals surface area (Å²) < 4.78 is 19.0. The molecule has 0 saturated heterocycles. The monoisotopic (exact) mass is 385 g/mol. The molecule has 3 rings (SSSR count). The van der Waals surface area contributed by atoms with E-state index in [2.05, 4.69) is 0 Å². The fourth-order valence-corrected chi connectivity index (χ4v) is 3.06. The van der Waals surface area contributed by atoms with Gasteiger partial charge in [0.2, 0.25) is 0 Å². The highest BCUT2D eigenvalue weighted by molar-refractivity contribution is 6.21. The number of nitrogens with two attached hydrogens (primary N) is 2. The van der Waals surface area contributed by atoms with Gasteiger partial charge < -0.3 is 16.2 Å². The molecule has 0 aliphatic carbocycles. The van der Waals surface area contributed by atoms with Gasteiger partial charge in [-0.1, -0.05) is 18.2 Å². The molecule has 0 fully saturated rings. The Labute approximate surface area is 158 Å². The fourth-order valence-electron chi connectivity index (χ4n) is 3.06. The van der Waals surface area contributed by atoms with Crippen molar-refractivity contribution >= 4 is 23.8 Å². The van der Waals surface area contributed by atoms with Crippen LogP contribution in [0.4, 0.5) is 9.18 Å². The zero-order valence-corrected chi connectivity index (χ0v) is 14.6. The third-order valence-electron chi connectivity index (χ3n) is 4.31. The Bertz CT molecular complexity index is 956. The van der Waals surface area contributed by atoms with Crippen LogP contribution in [0.15, 0.2) is 42.5 Å². The van der Waals surface area contributed by atoms with Gasteiger partial charge in [0, 0.05) is 6.42 Å². The highest BCUT2D eigenvalue weighted by atomic mass is 19.1. The van der Waals surface area contributed by atoms with Crippen molar-refractivity contribution in [1.29, 1.82) is 0 Å². The van der Waals surface area contributed by atoms with Crippen LogP contribution in [-0.2, 0) is 11.2 Å². The minimum atomic E-state index is -1.10. The van der Waals surface area contributed by atoms with E-state index in [1.165, 1.54) is 24.3 Å². The topological polar surface area (TPSA) is 133 Å². The molecule has 0 unspecified atom stereocenters. The molecule has 0 spiro atoms. The molecule has 1 aliphatic rings. The lowest BCUT2D eigenvalue weighted by molar-refractivity contribution is 0.0489. The minimum absolute atomic E-state index is 0.0354. The Morgan fingerprint density at radius 3 is 2.14 bits per heavy atom. The van der Waals surface area contributed by atoms with Crippen LogP contribution in [0.3, 0.4) is 0 Å². The number of fused-ring (bicyclic) bond motifs is 1. The molecule has 4 N–H and O–H groups in total. The maximum Gasteiger partial charge on any atom is 0.404 e. The highest BCUT2D eigenvalue weighted by Crippen LogP contribution is 2.23. The van der Waals surface area contributed by atoms with Gasteiger partial charge in [-0.15, -0.1) is 0 Å². The summed E-state index contributed by atoms with van der Waals surface area (Å²) in [6.07, 6.45) is -2.14. The van der Waals surface area contributed by atoms with Crippen molar-refractivity contribution in [3.63, 3.8) is 0 Å². The Morgan fingerprint density at radius 1 is 1.04 bits per heavy atom. The van der Waals surface area contributed by atoms with Crippen molar-refractivity contribution in [3.05, 3.63) is 70.5 Å². The molecular weight excluding hydrogens is 369 g/mol. The molecule has 2 aromatic carbocycles. The molecule has 0 radical (unpaired) electrons. The molecule has 0 aromatic heterocycles. The minimum Gasteiger partial charge on any atom is -0.444 e. The Hall–Kier alpha value is -3.75. The summed E-state index contributed by atoms with van der Waals surface area (Å²) in [5.74, 6) is -2.79. The second-order valence-electron chi connectivity index (χ2n) is 6.21. The van der Waals surface area contributed by atoms with Crippen molar-refractivity contribution < 1.29 is 28.3 Å². The van der Waals surface area contributed by atoms with Crippen LogP contribution >= 0.6 is 0 Å². The summed E-state index contributed by atoms with van der Waals surface area (Å²) in [7, 11) is 0. The average Bonchev–Trinajstić information content (AvgIpc) is 2.86. The fraction of sp³-hybridized carbons (Fsp3) is 0.158. The second-order valence-corrected chi connectivity index (χ2v) is 6.21. The van der Waals surface area contributed by atoms with Gasteiger partial charge in [-0.05, 0) is 29.8 Å². The second kappa shape index (κ2) is 7.47. The quantitative estimate of drug-likeness (QED) is 0.722. The number of hydrogen-bond donors (Lipinski definition) is 2. The highest BCUT2D eigenvalue weighted by Gasteiger charge is 2.37. The molecule has 28 heavy (non-hydrogen) atoms. The standard InChI is InChI=1S/C19H16FN3O5/c20-15-8-10(5-6-14(15)16(21)24)7-11(28-19(22)27)9-23-17(25)12-3-1-2-4-13(12)18(23)26/h1-6,8,11H,7,9H2,(H2,21,24)(H2,22,27)/t11-/m0/s1. The van der Waals surface area contributed by atoms with Crippen LogP contribution in [-0.4, -0.2) is 41.4 Å². The number of carbonyl (C=O) groups is 4. The van der Waals surface area contributed by atoms with E-state index in [0.29, 0.717) is 5.56 Å². The Balaban J connectivity index is 1.81. The van der Waals surface area contributed by atoms with Gasteiger partial charge in [0.1, 0.15) is 11.9 Å². The van der Waals surface area contributed by atoms with Crippen molar-refractivity contribution in [1.82, 2.24) is 4.90 Å². The van der Waals surface area contributed by atoms with Crippen LogP contribution in [0.5, 0.6) is 0 Å². The third-order valence-corrected chi connectivity index (χ3v) is 4.31. The van der Waals surface area contributed by atoms with Crippen molar-refractivity contribution in [2.24, 2.45) is 11.5 Å². The van der Waals surface area contributed by atoms with Crippen molar-refractivity contribution in [3.8, 4) is 0 Å². The molecule has 1 atom stereocenters. The van der Waals surface area contributed by atoms with E-state index in [1.54, 1.807) is 12.1 Å². The third kappa shape index (κ3) is 3.68. The van der Waals surface area contributed by atoms with Gasteiger partial charge in [-0.2, -0.15) is 0 Å². The first-order valence-electron chi connectivity index (χ1n) is 8.27. The molecule has 144 valence electrons. The lowest BCUT2D eigenvalue weighted by atomic mass is 10.0. The molecule has 9 heteroatoms. The van der Waals surface area contributed by atoms with Gasteiger partial charge in [0.05, 0.1) is 23.2 Å². The first-order valence-corrected chi connectivity index (χ1v) is 8.27. The number of imide groups is 1. The van der Waals surface area contributed by atoms with E-state index in [9.17, 15) is 23.6 Å². The summed E-state index contributed by atoms with van der Waals surface area (Å²) in [6, 6.07) is 10.0. The summed E-state index contributed by atoms with van der Waals surface area (Å²) >= 11 is 0. The molecular formula is C19H16FN3O5. The van der Waals surface area contributed by atoms with Crippen LogP contribution in [0, 0.1) is 5.82 Å². The van der Waals surface area contributed by atoms with E-state index in [4.69, 9.17) is 16.2 Å². The summed E-state index contributed by atoms with van der Waals surface area (Å²) in [6.45, 7) is -0.255. The van der Waals surface area contributed by atoms with Crippen LogP contribution < -0.4 is 11.5 Å². The lowest BCUT2D eigenvalue weighted by Crippen LogP contribution is -2.40. The first-order chi connectivity index (χ1) is 13.3. The number of benzene rings is 2. The molecule has 4 amide bonds. The SMILES string of the molecule is NC(=O)O[C@@H](Cc1ccc(C(N)=O)c(F)c1)CN1C(=O)c2ccccc2C1=O. The Morgan fingerprint density at radius 2 is 1.64 bits per heavy atom. The smallest absolute Gasteiger partial charge is 0.404 e. The molecule has 1 heterocycles. The molecule has 0 saturated carbocycles. The van der Waals surface area contributed by atoms with Gasteiger partial charge in [-0.3, -0.25) is 19.3 Å². The summed E-state index contributed by atoms with van der Waals surface area (Å²) in [4.78, 5) is 48.3. The van der Waals surface area contributed by atoms with Crippen molar-refractivity contribution in [2.45, 2.75) is 12.5 Å². The van der Waals surface area contributed by atoms with E-state index >= 15 is 0 Å². The van der Waals surface area contributed by atoms with Gasteiger partial charge in [-0.25, -0.2) is 9.18 Å². The number of hydrogen-bond acceptors (Lipinski definition) is 5. The van der Waals surface area contributed by atoms with Gasteiger partial charge >= 0.3 is 6.09 Å². The molecule has 2 aromatic rings. The molecule has 8 nitrogen and oxygen atoms in total. The van der Waals surface area contributed by atoms with Crippen LogP contribution in [0.25, 0.3) is 0 Å². The predicted molar refractivity (Wildman–Crippen MR) is 94.9 cm³/mol. The number of ether oxygens (including phenoxy) is 1. The first kappa shape index (κ1) is 19.0. The van der Waals surface area contributed by atoms with Gasteiger partial charge in [0.15, 0.2) is 0 Å². The normalized spacial score (nSPS) is 14.0. The zero-order chi connectivity index (χ0) is 20.4. The maximum atomic E-state index is 14.0. The van der Waals surface area contributed by atoms with E-state index in [-0.39, 0.29) is 29.7 Å². The Kier molecular flexibility index (Phi) is 5.08. The number of nitrogens with zero attached hydrogens (tertiary/aromatic N) is 1. The average molecular weight is 385 g/mol. The van der Waals surface area contributed by atoms with E-state index < -0.39 is 35.7 Å². The summed E-state index contributed by atoms with van der Waals surface area (Å²) in [5.41, 5.74) is 10.7. The predicted octanol–water partition coefficient (Wildman–Crippen LogP) is 1.23. The zero-order valence-electron chi connectivity index (χ0n) is 14.6. The molecule has 1 aliphatic heterocycles. The van der Waals surface area contributed by atoms with Crippen LogP contribution in [0.1, 0.15) is 36.6 Å². The van der Waals surface area contributed by atoms with Crippen LogP contribution in [0.2, 0.25) is 0 Å². The maximum absolute atomic E-state index is 14.0. The van der Waals surface area contributed by atoms with Crippen molar-refractivity contribution in [2.75, 3.05) is 6.54 Å². The number of rotatable bonds is 6. The van der Waals surface area contributed by atoms with Gasteiger partial charge in [0.25, 0.3) is 17.7 Å².